The lowest BCUT2D eigenvalue weighted by Crippen LogP contribution is -2.09. The molecule has 0 radical (unpaired) electrons. The second-order valence-electron chi connectivity index (χ2n) is 7.10. The van der Waals surface area contributed by atoms with Gasteiger partial charge in [0, 0.05) is 25.8 Å². The summed E-state index contributed by atoms with van der Waals surface area (Å²) in [6, 6.07) is 4.60. The van der Waals surface area contributed by atoms with Crippen molar-refractivity contribution in [3.63, 3.8) is 0 Å². The van der Waals surface area contributed by atoms with Gasteiger partial charge in [-0.15, -0.1) is 0 Å². The molecule has 0 amide bonds. The van der Waals surface area contributed by atoms with E-state index in [2.05, 4.69) is 0 Å². The van der Waals surface area contributed by atoms with Crippen molar-refractivity contribution in [3.05, 3.63) is 34.2 Å². The summed E-state index contributed by atoms with van der Waals surface area (Å²) in [5.41, 5.74) is -0.0847. The van der Waals surface area contributed by atoms with Gasteiger partial charge in [0.2, 0.25) is 5.75 Å². The zero-order valence-electron chi connectivity index (χ0n) is 20.4. The molecule has 1 aromatic heterocycles. The van der Waals surface area contributed by atoms with E-state index >= 15 is 0 Å². The highest BCUT2D eigenvalue weighted by molar-refractivity contribution is 5.98. The maximum atomic E-state index is 13.1. The first-order chi connectivity index (χ1) is 16.9. The van der Waals surface area contributed by atoms with Crippen LogP contribution in [0.1, 0.15) is 5.56 Å². The van der Waals surface area contributed by atoms with Crippen LogP contribution in [0.3, 0.4) is 0 Å². The first-order valence-electron chi connectivity index (χ1n) is 10.3. The van der Waals surface area contributed by atoms with Gasteiger partial charge in [-0.2, -0.15) is 0 Å². The molecule has 0 aliphatic heterocycles. The highest BCUT2D eigenvalue weighted by atomic mass is 16.7. The molecule has 35 heavy (non-hydrogen) atoms. The van der Waals surface area contributed by atoms with Gasteiger partial charge in [0.1, 0.15) is 29.1 Å². The van der Waals surface area contributed by atoms with E-state index in [0.717, 1.165) is 0 Å². The molecule has 0 aliphatic rings. The second-order valence-corrected chi connectivity index (χ2v) is 7.10. The van der Waals surface area contributed by atoms with Crippen LogP contribution in [0.4, 0.5) is 0 Å². The number of rotatable bonds is 12. The molecule has 0 saturated heterocycles. The normalized spacial score (nSPS) is 10.9. The van der Waals surface area contributed by atoms with Crippen LogP contribution in [0.5, 0.6) is 34.5 Å². The van der Waals surface area contributed by atoms with Gasteiger partial charge in [-0.1, -0.05) is 0 Å². The third kappa shape index (κ3) is 5.06. The quantitative estimate of drug-likeness (QED) is 0.227. The molecule has 1 heterocycles. The van der Waals surface area contributed by atoms with E-state index in [1.165, 1.54) is 48.7 Å². The largest absolute Gasteiger partial charge is 0.506 e. The molecule has 0 spiro atoms. The van der Waals surface area contributed by atoms with Crippen molar-refractivity contribution in [2.75, 3.05) is 56.2 Å². The van der Waals surface area contributed by atoms with Crippen LogP contribution in [0.15, 0.2) is 27.4 Å². The Bertz CT molecular complexity index is 1230. The smallest absolute Gasteiger partial charge is 0.348 e. The van der Waals surface area contributed by atoms with E-state index in [4.69, 9.17) is 42.3 Å². The maximum Gasteiger partial charge on any atom is 0.348 e. The fourth-order valence-electron chi connectivity index (χ4n) is 3.63. The Morgan fingerprint density at radius 2 is 1.49 bits per heavy atom. The summed E-state index contributed by atoms with van der Waals surface area (Å²) in [6.07, 6.45) is 0. The average Bonchev–Trinajstić information content (AvgIpc) is 2.86. The fraction of sp³-hybridized carbons (Fsp3) is 0.375. The van der Waals surface area contributed by atoms with Crippen molar-refractivity contribution >= 4 is 11.0 Å². The summed E-state index contributed by atoms with van der Waals surface area (Å²) < 4.78 is 48.3. The fourth-order valence-corrected chi connectivity index (χ4v) is 3.63. The van der Waals surface area contributed by atoms with Crippen LogP contribution < -0.4 is 29.3 Å². The van der Waals surface area contributed by atoms with Crippen molar-refractivity contribution < 1.29 is 47.4 Å². The topological polar surface area (TPSA) is 124 Å². The minimum absolute atomic E-state index is 0.00283. The van der Waals surface area contributed by atoms with Crippen LogP contribution in [0.2, 0.25) is 0 Å². The Balaban J connectivity index is 2.35. The van der Waals surface area contributed by atoms with Gasteiger partial charge in [-0.25, -0.2) is 4.79 Å². The number of aromatic hydroxyl groups is 1. The van der Waals surface area contributed by atoms with Crippen LogP contribution in [-0.2, 0) is 20.8 Å². The number of ether oxygens (including phenoxy) is 8. The summed E-state index contributed by atoms with van der Waals surface area (Å²) in [5.74, 6) is 0.890. The van der Waals surface area contributed by atoms with Gasteiger partial charge in [-0.3, -0.25) is 0 Å². The highest BCUT2D eigenvalue weighted by Crippen LogP contribution is 2.49. The van der Waals surface area contributed by atoms with Gasteiger partial charge in [0.25, 0.3) is 0 Å². The Kier molecular flexibility index (Phi) is 8.63. The molecule has 0 unspecified atom stereocenters. The lowest BCUT2D eigenvalue weighted by molar-refractivity contribution is -0.0390. The SMILES string of the molecule is COCOCc1cc(OCOC)c(OC)cc1-c1c(O)c2c(OC)c(OC)c(OC)cc2oc1=O. The van der Waals surface area contributed by atoms with Gasteiger partial charge in [-0.05, 0) is 17.7 Å². The zero-order valence-corrected chi connectivity index (χ0v) is 20.4. The standard InChI is InChI=1S/C24H28O11/c1-27-11-33-10-13-7-16(34-12-28-2)15(29-3)8-14(13)19-21(25)20-17(35-24(19)26)9-18(30-4)22(31-5)23(20)32-6/h7-9,25H,10-12H2,1-6H3. The summed E-state index contributed by atoms with van der Waals surface area (Å²) in [4.78, 5) is 13.1. The van der Waals surface area contributed by atoms with Crippen molar-refractivity contribution in [3.8, 4) is 45.6 Å². The van der Waals surface area contributed by atoms with Crippen LogP contribution in [-0.4, -0.2) is 61.4 Å². The molecule has 0 saturated carbocycles. The van der Waals surface area contributed by atoms with Crippen molar-refractivity contribution in [1.82, 2.24) is 0 Å². The molecule has 11 nitrogen and oxygen atoms in total. The number of benzene rings is 2. The van der Waals surface area contributed by atoms with Crippen LogP contribution in [0, 0.1) is 0 Å². The van der Waals surface area contributed by atoms with Gasteiger partial charge < -0.3 is 47.4 Å². The summed E-state index contributed by atoms with van der Waals surface area (Å²) in [7, 11) is 8.68. The number of hydrogen-bond donors (Lipinski definition) is 1. The van der Waals surface area contributed by atoms with E-state index in [0.29, 0.717) is 22.6 Å². The second kappa shape index (κ2) is 11.6. The predicted molar refractivity (Wildman–Crippen MR) is 125 cm³/mol. The van der Waals surface area contributed by atoms with E-state index in [9.17, 15) is 9.90 Å². The first-order valence-corrected chi connectivity index (χ1v) is 10.3. The van der Waals surface area contributed by atoms with Crippen molar-refractivity contribution in [2.45, 2.75) is 6.61 Å². The van der Waals surface area contributed by atoms with Crippen LogP contribution in [0.25, 0.3) is 22.1 Å². The van der Waals surface area contributed by atoms with E-state index in [1.807, 2.05) is 0 Å². The minimum atomic E-state index is -0.801. The molecular formula is C24H28O11. The Hall–Kier alpha value is -3.67. The summed E-state index contributed by atoms with van der Waals surface area (Å²) >= 11 is 0. The zero-order chi connectivity index (χ0) is 25.5. The van der Waals surface area contributed by atoms with E-state index in [1.54, 1.807) is 12.1 Å². The van der Waals surface area contributed by atoms with Gasteiger partial charge in [0.15, 0.2) is 29.8 Å². The third-order valence-corrected chi connectivity index (χ3v) is 5.12. The molecule has 1 N–H and O–H groups in total. The molecule has 0 bridgehead atoms. The number of fused-ring (bicyclic) bond motifs is 1. The molecule has 0 atom stereocenters. The number of hydrogen-bond acceptors (Lipinski definition) is 11. The maximum absolute atomic E-state index is 13.1. The van der Waals surface area contributed by atoms with Crippen molar-refractivity contribution in [1.29, 1.82) is 0 Å². The Morgan fingerprint density at radius 3 is 2.09 bits per heavy atom. The Morgan fingerprint density at radius 1 is 0.800 bits per heavy atom. The van der Waals surface area contributed by atoms with Gasteiger partial charge >= 0.3 is 5.63 Å². The summed E-state index contributed by atoms with van der Waals surface area (Å²) in [5, 5.41) is 11.5. The molecule has 3 rings (SSSR count). The van der Waals surface area contributed by atoms with Crippen molar-refractivity contribution in [2.24, 2.45) is 0 Å². The lowest BCUT2D eigenvalue weighted by atomic mass is 9.98. The third-order valence-electron chi connectivity index (χ3n) is 5.12. The van der Waals surface area contributed by atoms with Gasteiger partial charge in [0.05, 0.1) is 35.0 Å². The lowest BCUT2D eigenvalue weighted by Gasteiger charge is -2.18. The minimum Gasteiger partial charge on any atom is -0.506 e. The molecule has 190 valence electrons. The Labute approximate surface area is 201 Å². The molecule has 0 fully saturated rings. The molecule has 3 aromatic rings. The summed E-state index contributed by atoms with van der Waals surface area (Å²) in [6.45, 7) is -0.00435. The van der Waals surface area contributed by atoms with E-state index < -0.39 is 5.63 Å². The predicted octanol–water partition coefficient (Wildman–Crippen LogP) is 3.30. The molecule has 2 aromatic carbocycles. The molecular weight excluding hydrogens is 464 g/mol. The highest BCUT2D eigenvalue weighted by Gasteiger charge is 2.27. The van der Waals surface area contributed by atoms with E-state index in [-0.39, 0.29) is 59.7 Å². The molecule has 0 aliphatic carbocycles. The molecule has 11 heteroatoms. The number of methoxy groups -OCH3 is 6. The average molecular weight is 492 g/mol. The van der Waals surface area contributed by atoms with Crippen LogP contribution >= 0.6 is 0 Å². The first kappa shape index (κ1) is 25.9. The monoisotopic (exact) mass is 492 g/mol.